The van der Waals surface area contributed by atoms with Crippen LogP contribution in [0.3, 0.4) is 0 Å². The Balaban J connectivity index is 2.64. The summed E-state index contributed by atoms with van der Waals surface area (Å²) in [5.74, 6) is 0.738. The molecule has 72 valence electrons. The molecule has 0 radical (unpaired) electrons. The zero-order chi connectivity index (χ0) is 9.84. The maximum Gasteiger partial charge on any atom is 0.165 e. The number of halogens is 1. The quantitative estimate of drug-likeness (QED) is 0.745. The Morgan fingerprint density at radius 2 is 2.31 bits per heavy atom. The van der Waals surface area contributed by atoms with Crippen molar-refractivity contribution >= 4 is 33.0 Å². The molecule has 0 aliphatic heterocycles. The van der Waals surface area contributed by atoms with Gasteiger partial charge >= 0.3 is 0 Å². The van der Waals surface area contributed by atoms with E-state index in [4.69, 9.17) is 0 Å². The van der Waals surface area contributed by atoms with Crippen molar-refractivity contribution in [1.82, 2.24) is 0 Å². The topological polar surface area (TPSA) is 17.1 Å². The Kier molecular flexibility index (Phi) is 4.13. The second-order valence-electron chi connectivity index (χ2n) is 3.27. The van der Waals surface area contributed by atoms with Crippen LogP contribution in [0.4, 0.5) is 0 Å². The van der Waals surface area contributed by atoms with Crippen molar-refractivity contribution in [2.24, 2.45) is 5.92 Å². The molecule has 1 unspecified atom stereocenters. The molecule has 1 heterocycles. The van der Waals surface area contributed by atoms with Gasteiger partial charge in [0.05, 0.1) is 0 Å². The number of carbonyl (C=O) groups excluding carboxylic acids is 1. The van der Waals surface area contributed by atoms with Gasteiger partial charge in [0.25, 0.3) is 0 Å². The van der Waals surface area contributed by atoms with Gasteiger partial charge in [0.15, 0.2) is 5.78 Å². The molecule has 1 atom stereocenters. The zero-order valence-corrected chi connectivity index (χ0v) is 10.2. The van der Waals surface area contributed by atoms with Crippen LogP contribution in [0.1, 0.15) is 37.0 Å². The molecule has 0 N–H and O–H groups in total. The van der Waals surface area contributed by atoms with Gasteiger partial charge < -0.3 is 0 Å². The number of rotatable bonds is 4. The first-order chi connectivity index (χ1) is 6.15. The summed E-state index contributed by atoms with van der Waals surface area (Å²) in [7, 11) is 0. The van der Waals surface area contributed by atoms with Gasteiger partial charge in [0, 0.05) is 27.2 Å². The summed E-state index contributed by atoms with van der Waals surface area (Å²) in [6, 6.07) is 0. The molecule has 0 spiro atoms. The monoisotopic (exact) mass is 260 g/mol. The largest absolute Gasteiger partial charge is 0.294 e. The summed E-state index contributed by atoms with van der Waals surface area (Å²) < 4.78 is 0.936. The van der Waals surface area contributed by atoms with Crippen LogP contribution in [-0.4, -0.2) is 5.78 Å². The molecule has 1 rings (SSSR count). The second-order valence-corrected chi connectivity index (χ2v) is 4.87. The average Bonchev–Trinajstić information content (AvgIpc) is 2.51. The van der Waals surface area contributed by atoms with E-state index in [1.165, 1.54) is 0 Å². The normalized spacial score (nSPS) is 12.8. The Hall–Kier alpha value is -0.150. The summed E-state index contributed by atoms with van der Waals surface area (Å²) in [6.45, 7) is 4.22. The number of carbonyl (C=O) groups is 1. The van der Waals surface area contributed by atoms with Crippen molar-refractivity contribution in [3.8, 4) is 0 Å². The summed E-state index contributed by atoms with van der Waals surface area (Å²) >= 11 is 4.93. The number of hydrogen-bond acceptors (Lipinski definition) is 2. The predicted octanol–water partition coefficient (Wildman–Crippen LogP) is 4.13. The summed E-state index contributed by atoms with van der Waals surface area (Å²) in [6.07, 6.45) is 1.72. The Morgan fingerprint density at radius 1 is 1.62 bits per heavy atom. The van der Waals surface area contributed by atoms with E-state index in [-0.39, 0.29) is 5.78 Å². The van der Waals surface area contributed by atoms with Gasteiger partial charge in [-0.25, -0.2) is 0 Å². The lowest BCUT2D eigenvalue weighted by molar-refractivity contribution is 0.0963. The maximum absolute atomic E-state index is 11.7. The van der Waals surface area contributed by atoms with E-state index < -0.39 is 0 Å². The fraction of sp³-hybridized carbons (Fsp3) is 0.500. The Morgan fingerprint density at radius 3 is 2.77 bits per heavy atom. The van der Waals surface area contributed by atoms with E-state index >= 15 is 0 Å². The van der Waals surface area contributed by atoms with Crippen LogP contribution in [0.2, 0.25) is 0 Å². The van der Waals surface area contributed by atoms with Crippen molar-refractivity contribution in [2.45, 2.75) is 26.7 Å². The van der Waals surface area contributed by atoms with Crippen LogP contribution in [0.25, 0.3) is 0 Å². The molecule has 0 saturated heterocycles. The standard InChI is InChI=1S/C10H13BrOS/c1-3-7(2)4-10(12)8-5-13-6-9(8)11/h5-7H,3-4H2,1-2H3. The van der Waals surface area contributed by atoms with Crippen molar-refractivity contribution in [1.29, 1.82) is 0 Å². The fourth-order valence-corrected chi connectivity index (χ4v) is 2.57. The Labute approximate surface area is 91.3 Å². The number of hydrogen-bond donors (Lipinski definition) is 0. The summed E-state index contributed by atoms with van der Waals surface area (Å²) in [5, 5.41) is 3.86. The van der Waals surface area contributed by atoms with E-state index in [0.29, 0.717) is 12.3 Å². The second kappa shape index (κ2) is 4.91. The van der Waals surface area contributed by atoms with Gasteiger partial charge in [-0.15, -0.1) is 0 Å². The Bertz CT molecular complexity index is 293. The third kappa shape index (κ3) is 2.92. The highest BCUT2D eigenvalue weighted by molar-refractivity contribution is 9.10. The zero-order valence-electron chi connectivity index (χ0n) is 7.84. The van der Waals surface area contributed by atoms with Gasteiger partial charge in [-0.1, -0.05) is 20.3 Å². The highest BCUT2D eigenvalue weighted by Crippen LogP contribution is 2.24. The minimum absolute atomic E-state index is 0.252. The third-order valence-electron chi connectivity index (χ3n) is 2.15. The lowest BCUT2D eigenvalue weighted by Crippen LogP contribution is -2.04. The van der Waals surface area contributed by atoms with Crippen molar-refractivity contribution in [3.63, 3.8) is 0 Å². The van der Waals surface area contributed by atoms with Crippen molar-refractivity contribution in [3.05, 3.63) is 20.8 Å². The molecule has 1 nitrogen and oxygen atoms in total. The van der Waals surface area contributed by atoms with Gasteiger partial charge in [0.1, 0.15) is 0 Å². The summed E-state index contributed by atoms with van der Waals surface area (Å²) in [4.78, 5) is 11.7. The van der Waals surface area contributed by atoms with Gasteiger partial charge in [-0.3, -0.25) is 4.79 Å². The molecule has 1 aromatic heterocycles. The van der Waals surface area contributed by atoms with Crippen LogP contribution in [0, 0.1) is 5.92 Å². The molecule has 13 heavy (non-hydrogen) atoms. The molecule has 0 bridgehead atoms. The van der Waals surface area contributed by atoms with Crippen LogP contribution in [0.15, 0.2) is 15.2 Å². The molecular formula is C10H13BrOS. The predicted molar refractivity (Wildman–Crippen MR) is 60.4 cm³/mol. The number of Topliss-reactive ketones (excluding diaryl/α,β-unsaturated/α-hetero) is 1. The minimum atomic E-state index is 0.252. The van der Waals surface area contributed by atoms with Gasteiger partial charge in [-0.2, -0.15) is 11.3 Å². The first kappa shape index (κ1) is 10.9. The molecule has 0 aliphatic rings. The lowest BCUT2D eigenvalue weighted by Gasteiger charge is -2.05. The lowest BCUT2D eigenvalue weighted by atomic mass is 9.99. The highest BCUT2D eigenvalue weighted by Gasteiger charge is 2.13. The minimum Gasteiger partial charge on any atom is -0.294 e. The van der Waals surface area contributed by atoms with Crippen LogP contribution < -0.4 is 0 Å². The SMILES string of the molecule is CCC(C)CC(=O)c1cscc1Br. The van der Waals surface area contributed by atoms with Crippen molar-refractivity contribution in [2.75, 3.05) is 0 Å². The average molecular weight is 261 g/mol. The van der Waals surface area contributed by atoms with E-state index in [1.54, 1.807) is 11.3 Å². The summed E-state index contributed by atoms with van der Waals surface area (Å²) in [5.41, 5.74) is 0.838. The molecule has 1 aromatic rings. The molecule has 0 aromatic carbocycles. The fourth-order valence-electron chi connectivity index (χ4n) is 1.05. The first-order valence-corrected chi connectivity index (χ1v) is 6.13. The maximum atomic E-state index is 11.7. The molecule has 0 aliphatic carbocycles. The first-order valence-electron chi connectivity index (χ1n) is 4.40. The molecule has 0 amide bonds. The number of thiophene rings is 1. The molecule has 0 fully saturated rings. The van der Waals surface area contributed by atoms with E-state index in [2.05, 4.69) is 29.8 Å². The highest BCUT2D eigenvalue weighted by atomic mass is 79.9. The third-order valence-corrected chi connectivity index (χ3v) is 3.85. The van der Waals surface area contributed by atoms with E-state index in [9.17, 15) is 4.79 Å². The molecular weight excluding hydrogens is 248 g/mol. The van der Waals surface area contributed by atoms with Crippen LogP contribution >= 0.6 is 27.3 Å². The molecule has 3 heteroatoms. The smallest absolute Gasteiger partial charge is 0.165 e. The van der Waals surface area contributed by atoms with Gasteiger partial charge in [0.2, 0.25) is 0 Å². The number of ketones is 1. The van der Waals surface area contributed by atoms with Gasteiger partial charge in [-0.05, 0) is 21.8 Å². The van der Waals surface area contributed by atoms with E-state index in [0.717, 1.165) is 16.5 Å². The van der Waals surface area contributed by atoms with Crippen molar-refractivity contribution < 1.29 is 4.79 Å². The van der Waals surface area contributed by atoms with Crippen LogP contribution in [-0.2, 0) is 0 Å². The van der Waals surface area contributed by atoms with Crippen LogP contribution in [0.5, 0.6) is 0 Å². The molecule has 0 saturated carbocycles. The van der Waals surface area contributed by atoms with E-state index in [1.807, 2.05) is 10.8 Å².